The van der Waals surface area contributed by atoms with E-state index in [2.05, 4.69) is 25.8 Å². The molecule has 0 aliphatic rings. The molecule has 3 rings (SSSR count). The maximum atomic E-state index is 12.4. The third-order valence-corrected chi connectivity index (χ3v) is 6.15. The number of thiazole rings is 1. The van der Waals surface area contributed by atoms with E-state index in [0.29, 0.717) is 26.7 Å². The number of aryl methyl sites for hydroxylation is 1. The first-order valence-corrected chi connectivity index (χ1v) is 10.9. The zero-order valence-corrected chi connectivity index (χ0v) is 18.4. The molecule has 0 fully saturated rings. The smallest absolute Gasteiger partial charge is 0.253 e. The molecular weight excluding hydrogens is 432 g/mol. The van der Waals surface area contributed by atoms with Gasteiger partial charge in [0.05, 0.1) is 28.1 Å². The third kappa shape index (κ3) is 5.34. The Morgan fingerprint density at radius 2 is 2.07 bits per heavy atom. The van der Waals surface area contributed by atoms with Crippen LogP contribution in [0.5, 0.6) is 0 Å². The number of hydrogen-bond donors (Lipinski definition) is 2. The Bertz CT molecular complexity index is 1040. The second-order valence-corrected chi connectivity index (χ2v) is 8.41. The van der Waals surface area contributed by atoms with E-state index in [9.17, 15) is 9.59 Å². The molecule has 0 aliphatic carbocycles. The molecule has 2 N–H and O–H groups in total. The van der Waals surface area contributed by atoms with E-state index < -0.39 is 6.04 Å². The highest BCUT2D eigenvalue weighted by molar-refractivity contribution is 7.99. The molecule has 0 radical (unpaired) electrons. The second-order valence-electron chi connectivity index (χ2n) is 6.21. The molecule has 11 heteroatoms. The highest BCUT2D eigenvalue weighted by atomic mass is 35.5. The lowest BCUT2D eigenvalue weighted by Crippen LogP contribution is -2.28. The van der Waals surface area contributed by atoms with Crippen LogP contribution in [0.25, 0.3) is 0 Å². The predicted octanol–water partition coefficient (Wildman–Crippen LogP) is 3.46. The van der Waals surface area contributed by atoms with Gasteiger partial charge in [-0.25, -0.2) is 4.98 Å². The molecule has 0 aliphatic heterocycles. The van der Waals surface area contributed by atoms with Crippen molar-refractivity contribution in [3.8, 4) is 0 Å². The lowest BCUT2D eigenvalue weighted by Gasteiger charge is -2.14. The molecule has 0 bridgehead atoms. The summed E-state index contributed by atoms with van der Waals surface area (Å²) in [6.45, 7) is 3.68. The van der Waals surface area contributed by atoms with Gasteiger partial charge in [0, 0.05) is 12.4 Å². The molecule has 0 spiro atoms. The Morgan fingerprint density at radius 3 is 2.76 bits per heavy atom. The van der Waals surface area contributed by atoms with Crippen molar-refractivity contribution in [3.63, 3.8) is 0 Å². The molecule has 2 amide bonds. The SMILES string of the molecule is Cc1csc(NC(=O)CSc2nnc([C@@H](C)NC(=O)c3ccccc3Cl)n2C)n1. The summed E-state index contributed by atoms with van der Waals surface area (Å²) in [5.41, 5.74) is 1.26. The normalized spacial score (nSPS) is 11.9. The van der Waals surface area contributed by atoms with Gasteiger partial charge in [-0.3, -0.25) is 9.59 Å². The van der Waals surface area contributed by atoms with Crippen LogP contribution in [-0.2, 0) is 11.8 Å². The van der Waals surface area contributed by atoms with Crippen LogP contribution in [0, 0.1) is 6.92 Å². The lowest BCUT2D eigenvalue weighted by atomic mass is 10.2. The van der Waals surface area contributed by atoms with E-state index in [1.54, 1.807) is 35.9 Å². The van der Waals surface area contributed by atoms with E-state index >= 15 is 0 Å². The number of benzene rings is 1. The first-order chi connectivity index (χ1) is 13.8. The summed E-state index contributed by atoms with van der Waals surface area (Å²) in [6.07, 6.45) is 0. The van der Waals surface area contributed by atoms with Crippen LogP contribution in [0.2, 0.25) is 5.02 Å². The van der Waals surface area contributed by atoms with Gasteiger partial charge in [-0.05, 0) is 26.0 Å². The van der Waals surface area contributed by atoms with Crippen molar-refractivity contribution in [2.75, 3.05) is 11.1 Å². The topological polar surface area (TPSA) is 102 Å². The Kier molecular flexibility index (Phi) is 6.88. The van der Waals surface area contributed by atoms with Crippen LogP contribution < -0.4 is 10.6 Å². The van der Waals surface area contributed by atoms with Gasteiger partial charge in [-0.2, -0.15) is 0 Å². The number of nitrogens with one attached hydrogen (secondary N) is 2. The van der Waals surface area contributed by atoms with Crippen LogP contribution in [0.1, 0.15) is 34.8 Å². The minimum atomic E-state index is -0.391. The Labute approximate surface area is 181 Å². The third-order valence-electron chi connectivity index (χ3n) is 3.92. The van der Waals surface area contributed by atoms with Gasteiger partial charge in [0.15, 0.2) is 16.1 Å². The average Bonchev–Trinajstić information content (AvgIpc) is 3.25. The average molecular weight is 451 g/mol. The summed E-state index contributed by atoms with van der Waals surface area (Å²) >= 11 is 8.71. The quantitative estimate of drug-likeness (QED) is 0.534. The van der Waals surface area contributed by atoms with E-state index in [0.717, 1.165) is 5.69 Å². The standard InChI is InChI=1S/C18H19ClN6O2S2/c1-10-8-28-17(20-10)22-14(26)9-29-18-24-23-15(25(18)3)11(2)21-16(27)12-6-4-5-7-13(12)19/h4-8,11H,9H2,1-3H3,(H,21,27)(H,20,22,26)/t11-/m1/s1. The number of halogens is 1. The number of nitrogens with zero attached hydrogens (tertiary/aromatic N) is 4. The van der Waals surface area contributed by atoms with Crippen molar-refractivity contribution in [1.82, 2.24) is 25.1 Å². The Balaban J connectivity index is 1.59. The van der Waals surface area contributed by atoms with Crippen molar-refractivity contribution in [2.24, 2.45) is 7.05 Å². The van der Waals surface area contributed by atoms with Gasteiger partial charge < -0.3 is 15.2 Å². The molecule has 3 aromatic rings. The minimum Gasteiger partial charge on any atom is -0.342 e. The predicted molar refractivity (Wildman–Crippen MR) is 115 cm³/mol. The second kappa shape index (κ2) is 9.38. The van der Waals surface area contributed by atoms with Gasteiger partial charge in [0.1, 0.15) is 0 Å². The number of carbonyl (C=O) groups is 2. The molecule has 0 saturated carbocycles. The molecule has 2 aromatic heterocycles. The zero-order valence-electron chi connectivity index (χ0n) is 16.0. The number of rotatable bonds is 7. The first kappa shape index (κ1) is 21.3. The number of thioether (sulfide) groups is 1. The van der Waals surface area contributed by atoms with Crippen molar-refractivity contribution in [2.45, 2.75) is 25.0 Å². The summed E-state index contributed by atoms with van der Waals surface area (Å²) in [5, 5.41) is 17.3. The van der Waals surface area contributed by atoms with Gasteiger partial charge in [0.2, 0.25) is 5.91 Å². The molecule has 2 heterocycles. The fourth-order valence-electron chi connectivity index (χ4n) is 2.51. The zero-order chi connectivity index (χ0) is 21.0. The number of anilines is 1. The Morgan fingerprint density at radius 1 is 1.31 bits per heavy atom. The molecule has 1 atom stereocenters. The van der Waals surface area contributed by atoms with Crippen LogP contribution in [0.15, 0.2) is 34.8 Å². The fraction of sp³-hybridized carbons (Fsp3) is 0.278. The summed E-state index contributed by atoms with van der Waals surface area (Å²) in [6, 6.07) is 6.44. The Hall–Kier alpha value is -2.43. The molecule has 0 saturated heterocycles. The summed E-state index contributed by atoms with van der Waals surface area (Å²) in [5.74, 6) is 0.279. The van der Waals surface area contributed by atoms with Crippen molar-refractivity contribution in [3.05, 3.63) is 51.7 Å². The maximum Gasteiger partial charge on any atom is 0.253 e. The van der Waals surface area contributed by atoms with E-state index in [4.69, 9.17) is 11.6 Å². The molecule has 0 unspecified atom stereocenters. The van der Waals surface area contributed by atoms with E-state index in [1.807, 2.05) is 19.2 Å². The van der Waals surface area contributed by atoms with E-state index in [-0.39, 0.29) is 17.6 Å². The molecule has 1 aromatic carbocycles. The van der Waals surface area contributed by atoms with Crippen LogP contribution >= 0.6 is 34.7 Å². The van der Waals surface area contributed by atoms with Gasteiger partial charge in [-0.15, -0.1) is 21.5 Å². The monoisotopic (exact) mass is 450 g/mol. The van der Waals surface area contributed by atoms with Crippen LogP contribution in [0.4, 0.5) is 5.13 Å². The molecule has 8 nitrogen and oxygen atoms in total. The van der Waals surface area contributed by atoms with Gasteiger partial charge in [0.25, 0.3) is 5.91 Å². The summed E-state index contributed by atoms with van der Waals surface area (Å²) in [4.78, 5) is 28.7. The van der Waals surface area contributed by atoms with Crippen molar-refractivity contribution < 1.29 is 9.59 Å². The van der Waals surface area contributed by atoms with Gasteiger partial charge >= 0.3 is 0 Å². The highest BCUT2D eigenvalue weighted by Crippen LogP contribution is 2.21. The molecule has 29 heavy (non-hydrogen) atoms. The first-order valence-electron chi connectivity index (χ1n) is 8.64. The number of amides is 2. The van der Waals surface area contributed by atoms with Crippen LogP contribution in [-0.4, -0.2) is 37.3 Å². The maximum absolute atomic E-state index is 12.4. The fourth-order valence-corrected chi connectivity index (χ4v) is 4.15. The lowest BCUT2D eigenvalue weighted by molar-refractivity contribution is -0.113. The number of aromatic nitrogens is 4. The van der Waals surface area contributed by atoms with Crippen LogP contribution in [0.3, 0.4) is 0 Å². The number of hydrogen-bond acceptors (Lipinski definition) is 7. The number of carbonyl (C=O) groups excluding carboxylic acids is 2. The van der Waals surface area contributed by atoms with Crippen molar-refractivity contribution in [1.29, 1.82) is 0 Å². The van der Waals surface area contributed by atoms with E-state index in [1.165, 1.54) is 23.1 Å². The largest absolute Gasteiger partial charge is 0.342 e. The highest BCUT2D eigenvalue weighted by Gasteiger charge is 2.20. The summed E-state index contributed by atoms with van der Waals surface area (Å²) in [7, 11) is 1.79. The minimum absolute atomic E-state index is 0.172. The molecule has 152 valence electrons. The molecular formula is C18H19ClN6O2S2. The van der Waals surface area contributed by atoms with Gasteiger partial charge in [-0.1, -0.05) is 35.5 Å². The van der Waals surface area contributed by atoms with Crippen molar-refractivity contribution >= 4 is 51.6 Å². The summed E-state index contributed by atoms with van der Waals surface area (Å²) < 4.78 is 1.75.